The Bertz CT molecular complexity index is 231. The van der Waals surface area contributed by atoms with Gasteiger partial charge in [0.1, 0.15) is 0 Å². The zero-order valence-corrected chi connectivity index (χ0v) is 8.74. The van der Waals surface area contributed by atoms with E-state index in [1.54, 1.807) is 12.4 Å². The molecular formula is C10H14ClNO2. The third-order valence-electron chi connectivity index (χ3n) is 1.59. The van der Waals surface area contributed by atoms with Crippen molar-refractivity contribution in [2.45, 2.75) is 6.61 Å². The SMILES string of the molecule is ClCCOCCOCc1cccnc1. The quantitative estimate of drug-likeness (QED) is 0.514. The Labute approximate surface area is 89.0 Å². The van der Waals surface area contributed by atoms with Gasteiger partial charge in [-0.1, -0.05) is 6.07 Å². The number of hydrogen-bond acceptors (Lipinski definition) is 3. The Hall–Kier alpha value is -0.640. The molecule has 3 nitrogen and oxygen atoms in total. The number of nitrogens with zero attached hydrogens (tertiary/aromatic N) is 1. The molecule has 1 rings (SSSR count). The summed E-state index contributed by atoms with van der Waals surface area (Å²) in [4.78, 5) is 3.98. The zero-order chi connectivity index (χ0) is 10.1. The highest BCUT2D eigenvalue weighted by atomic mass is 35.5. The maximum Gasteiger partial charge on any atom is 0.0732 e. The molecule has 0 atom stereocenters. The highest BCUT2D eigenvalue weighted by Gasteiger charge is 1.92. The van der Waals surface area contributed by atoms with Crippen molar-refractivity contribution in [1.82, 2.24) is 4.98 Å². The van der Waals surface area contributed by atoms with Crippen LogP contribution in [0.1, 0.15) is 5.56 Å². The fourth-order valence-electron chi connectivity index (χ4n) is 0.948. The van der Waals surface area contributed by atoms with Gasteiger partial charge in [0, 0.05) is 18.3 Å². The minimum absolute atomic E-state index is 0.530. The van der Waals surface area contributed by atoms with Crippen LogP contribution < -0.4 is 0 Å². The fourth-order valence-corrected chi connectivity index (χ4v) is 1.06. The molecule has 0 spiro atoms. The van der Waals surface area contributed by atoms with Crippen molar-refractivity contribution in [2.24, 2.45) is 0 Å². The van der Waals surface area contributed by atoms with Crippen LogP contribution in [0.5, 0.6) is 0 Å². The van der Waals surface area contributed by atoms with Crippen molar-refractivity contribution in [2.75, 3.05) is 25.7 Å². The molecule has 0 saturated heterocycles. The van der Waals surface area contributed by atoms with E-state index in [0.717, 1.165) is 5.56 Å². The molecule has 1 aromatic rings. The largest absolute Gasteiger partial charge is 0.378 e. The van der Waals surface area contributed by atoms with E-state index in [2.05, 4.69) is 4.98 Å². The molecule has 0 bridgehead atoms. The molecule has 0 aliphatic heterocycles. The standard InChI is InChI=1S/C10H14ClNO2/c11-3-5-13-6-7-14-9-10-2-1-4-12-8-10/h1-2,4,8H,3,5-7,9H2. The molecule has 0 fully saturated rings. The zero-order valence-electron chi connectivity index (χ0n) is 7.99. The molecule has 0 N–H and O–H groups in total. The molecule has 0 unspecified atom stereocenters. The van der Waals surface area contributed by atoms with Crippen LogP contribution in [0.4, 0.5) is 0 Å². The summed E-state index contributed by atoms with van der Waals surface area (Å²) in [6.45, 7) is 2.34. The van der Waals surface area contributed by atoms with Crippen LogP contribution in [0.3, 0.4) is 0 Å². The first-order chi connectivity index (χ1) is 6.93. The number of hydrogen-bond donors (Lipinski definition) is 0. The Morgan fingerprint density at radius 3 is 2.79 bits per heavy atom. The molecule has 0 aliphatic rings. The average Bonchev–Trinajstić information content (AvgIpc) is 2.25. The summed E-state index contributed by atoms with van der Waals surface area (Å²) in [5.41, 5.74) is 1.07. The second kappa shape index (κ2) is 7.74. The van der Waals surface area contributed by atoms with Gasteiger partial charge in [0.05, 0.1) is 26.4 Å². The van der Waals surface area contributed by atoms with Crippen molar-refractivity contribution in [3.63, 3.8) is 0 Å². The van der Waals surface area contributed by atoms with Crippen LogP contribution in [0, 0.1) is 0 Å². The van der Waals surface area contributed by atoms with E-state index >= 15 is 0 Å². The van der Waals surface area contributed by atoms with Gasteiger partial charge < -0.3 is 9.47 Å². The Morgan fingerprint density at radius 2 is 2.07 bits per heavy atom. The number of ether oxygens (including phenoxy) is 2. The van der Waals surface area contributed by atoms with Gasteiger partial charge in [-0.05, 0) is 11.6 Å². The van der Waals surface area contributed by atoms with E-state index in [9.17, 15) is 0 Å². The van der Waals surface area contributed by atoms with Crippen molar-refractivity contribution in [3.05, 3.63) is 30.1 Å². The molecule has 0 aliphatic carbocycles. The van der Waals surface area contributed by atoms with E-state index in [-0.39, 0.29) is 0 Å². The number of alkyl halides is 1. The molecule has 1 aromatic heterocycles. The predicted molar refractivity (Wildman–Crippen MR) is 55.4 cm³/mol. The molecule has 78 valence electrons. The lowest BCUT2D eigenvalue weighted by Crippen LogP contribution is -2.05. The summed E-state index contributed by atoms with van der Waals surface area (Å²) in [6.07, 6.45) is 3.53. The Kier molecular flexibility index (Phi) is 6.32. The average molecular weight is 216 g/mol. The summed E-state index contributed by atoms with van der Waals surface area (Å²) < 4.78 is 10.5. The highest BCUT2D eigenvalue weighted by Crippen LogP contribution is 1.97. The van der Waals surface area contributed by atoms with Gasteiger partial charge in [-0.15, -0.1) is 11.6 Å². The van der Waals surface area contributed by atoms with Crippen molar-refractivity contribution in [3.8, 4) is 0 Å². The van der Waals surface area contributed by atoms with Crippen LogP contribution in [-0.4, -0.2) is 30.7 Å². The molecule has 14 heavy (non-hydrogen) atoms. The summed E-state index contributed by atoms with van der Waals surface area (Å²) in [6, 6.07) is 3.87. The minimum Gasteiger partial charge on any atom is -0.378 e. The molecule has 4 heteroatoms. The maximum atomic E-state index is 5.44. The number of rotatable bonds is 7. The summed E-state index contributed by atoms with van der Waals surface area (Å²) in [7, 11) is 0. The third kappa shape index (κ3) is 5.17. The van der Waals surface area contributed by atoms with Gasteiger partial charge in [-0.25, -0.2) is 0 Å². The number of aromatic nitrogens is 1. The van der Waals surface area contributed by atoms with Crippen LogP contribution in [0.25, 0.3) is 0 Å². The second-order valence-corrected chi connectivity index (χ2v) is 3.09. The van der Waals surface area contributed by atoms with E-state index in [1.165, 1.54) is 0 Å². The second-order valence-electron chi connectivity index (χ2n) is 2.72. The van der Waals surface area contributed by atoms with E-state index < -0.39 is 0 Å². The first kappa shape index (κ1) is 11.4. The lowest BCUT2D eigenvalue weighted by atomic mass is 10.3. The lowest BCUT2D eigenvalue weighted by Gasteiger charge is -2.04. The Morgan fingerprint density at radius 1 is 1.21 bits per heavy atom. The highest BCUT2D eigenvalue weighted by molar-refractivity contribution is 6.17. The molecule has 0 aromatic carbocycles. The van der Waals surface area contributed by atoms with Crippen LogP contribution >= 0.6 is 11.6 Å². The normalized spacial score (nSPS) is 10.4. The summed E-state index contributed by atoms with van der Waals surface area (Å²) in [5.74, 6) is 0.530. The molecule has 0 radical (unpaired) electrons. The molecular weight excluding hydrogens is 202 g/mol. The van der Waals surface area contributed by atoms with E-state index in [4.69, 9.17) is 21.1 Å². The topological polar surface area (TPSA) is 31.4 Å². The monoisotopic (exact) mass is 215 g/mol. The smallest absolute Gasteiger partial charge is 0.0732 e. The van der Waals surface area contributed by atoms with Gasteiger partial charge >= 0.3 is 0 Å². The number of halogens is 1. The number of pyridine rings is 1. The van der Waals surface area contributed by atoms with Gasteiger partial charge in [0.15, 0.2) is 0 Å². The third-order valence-corrected chi connectivity index (χ3v) is 1.74. The van der Waals surface area contributed by atoms with Crippen LogP contribution in [0.15, 0.2) is 24.5 Å². The van der Waals surface area contributed by atoms with Gasteiger partial charge in [0.2, 0.25) is 0 Å². The van der Waals surface area contributed by atoms with Crippen molar-refractivity contribution in [1.29, 1.82) is 0 Å². The first-order valence-electron chi connectivity index (χ1n) is 4.54. The minimum atomic E-state index is 0.530. The first-order valence-corrected chi connectivity index (χ1v) is 5.07. The fraction of sp³-hybridized carbons (Fsp3) is 0.500. The van der Waals surface area contributed by atoms with Crippen LogP contribution in [-0.2, 0) is 16.1 Å². The van der Waals surface area contributed by atoms with Crippen molar-refractivity contribution < 1.29 is 9.47 Å². The van der Waals surface area contributed by atoms with E-state index in [1.807, 2.05) is 12.1 Å². The lowest BCUT2D eigenvalue weighted by molar-refractivity contribution is 0.0458. The molecule has 1 heterocycles. The van der Waals surface area contributed by atoms with Crippen molar-refractivity contribution >= 4 is 11.6 Å². The maximum absolute atomic E-state index is 5.44. The summed E-state index contributed by atoms with van der Waals surface area (Å²) >= 11 is 5.44. The van der Waals surface area contributed by atoms with Gasteiger partial charge in [0.25, 0.3) is 0 Å². The van der Waals surface area contributed by atoms with Gasteiger partial charge in [-0.3, -0.25) is 4.98 Å². The van der Waals surface area contributed by atoms with Crippen LogP contribution in [0.2, 0.25) is 0 Å². The predicted octanol–water partition coefficient (Wildman–Crippen LogP) is 1.85. The van der Waals surface area contributed by atoms with Gasteiger partial charge in [-0.2, -0.15) is 0 Å². The molecule has 0 amide bonds. The summed E-state index contributed by atoms with van der Waals surface area (Å²) in [5, 5.41) is 0. The molecule has 0 saturated carbocycles. The van der Waals surface area contributed by atoms with E-state index in [0.29, 0.717) is 32.3 Å². The Balaban J connectivity index is 1.99.